The van der Waals surface area contributed by atoms with Crippen molar-refractivity contribution in [3.05, 3.63) is 10.6 Å². The third kappa shape index (κ3) is 2.48. The first kappa shape index (κ1) is 13.9. The number of aryl methyl sites for hydroxylation is 1. The quantitative estimate of drug-likeness (QED) is 0.786. The number of imide groups is 1. The lowest BCUT2D eigenvalue weighted by molar-refractivity contribution is -0.127. The van der Waals surface area contributed by atoms with Gasteiger partial charge in [0.15, 0.2) is 6.61 Å². The highest BCUT2D eigenvalue weighted by Gasteiger charge is 2.39. The average molecular weight is 310 g/mol. The molecule has 112 valence electrons. The Balaban J connectivity index is 1.63. The van der Waals surface area contributed by atoms with E-state index in [1.165, 1.54) is 4.90 Å². The lowest BCUT2D eigenvalue weighted by atomic mass is 10.0. The van der Waals surface area contributed by atoms with E-state index in [4.69, 9.17) is 4.74 Å². The van der Waals surface area contributed by atoms with Gasteiger partial charge in [-0.25, -0.2) is 9.69 Å². The molecule has 0 spiro atoms. The summed E-state index contributed by atoms with van der Waals surface area (Å²) < 4.78 is 8.49. The van der Waals surface area contributed by atoms with E-state index in [0.717, 1.165) is 11.5 Å². The van der Waals surface area contributed by atoms with Crippen LogP contribution in [0.2, 0.25) is 0 Å². The van der Waals surface area contributed by atoms with Crippen LogP contribution in [-0.2, 0) is 9.53 Å². The van der Waals surface area contributed by atoms with Gasteiger partial charge in [0.2, 0.25) is 0 Å². The maximum Gasteiger partial charge on any atom is 0.417 e. The first-order chi connectivity index (χ1) is 10.1. The van der Waals surface area contributed by atoms with Crippen molar-refractivity contribution < 1.29 is 19.1 Å². The van der Waals surface area contributed by atoms with Gasteiger partial charge < -0.3 is 9.64 Å². The topological polar surface area (TPSA) is 92.7 Å². The number of amides is 3. The number of carbonyl (C=O) groups is 3. The number of rotatable bonds is 2. The number of cyclic esters (lactones) is 1. The van der Waals surface area contributed by atoms with E-state index in [9.17, 15) is 14.4 Å². The largest absolute Gasteiger partial charge is 0.439 e. The molecule has 0 unspecified atom stereocenters. The minimum absolute atomic E-state index is 0.0868. The Morgan fingerprint density at radius 3 is 2.57 bits per heavy atom. The summed E-state index contributed by atoms with van der Waals surface area (Å²) >= 11 is 1.09. The minimum atomic E-state index is -0.577. The number of likely N-dealkylation sites (tertiary alicyclic amines) is 1. The highest BCUT2D eigenvalue weighted by atomic mass is 32.1. The summed E-state index contributed by atoms with van der Waals surface area (Å²) in [5.74, 6) is -0.386. The molecular weight excluding hydrogens is 296 g/mol. The summed E-state index contributed by atoms with van der Waals surface area (Å²) in [5.41, 5.74) is 0.630. The summed E-state index contributed by atoms with van der Waals surface area (Å²) in [6.45, 7) is 2.57. The summed E-state index contributed by atoms with van der Waals surface area (Å²) in [4.78, 5) is 38.9. The van der Waals surface area contributed by atoms with Gasteiger partial charge in [0, 0.05) is 19.1 Å². The van der Waals surface area contributed by atoms with Crippen molar-refractivity contribution in [1.29, 1.82) is 0 Å². The van der Waals surface area contributed by atoms with Gasteiger partial charge in [-0.1, -0.05) is 4.49 Å². The summed E-state index contributed by atoms with van der Waals surface area (Å²) in [7, 11) is 0. The predicted molar refractivity (Wildman–Crippen MR) is 71.8 cm³/mol. The Morgan fingerprint density at radius 2 is 2.05 bits per heavy atom. The minimum Gasteiger partial charge on any atom is -0.439 e. The first-order valence-electron chi connectivity index (χ1n) is 6.65. The molecule has 0 radical (unpaired) electrons. The molecule has 2 aliphatic rings. The van der Waals surface area contributed by atoms with Crippen LogP contribution in [-0.4, -0.2) is 63.0 Å². The number of ether oxygens (including phenoxy) is 1. The summed E-state index contributed by atoms with van der Waals surface area (Å²) in [5, 5.41) is 3.84. The monoisotopic (exact) mass is 310 g/mol. The molecule has 21 heavy (non-hydrogen) atoms. The maximum absolute atomic E-state index is 12.3. The normalized spacial score (nSPS) is 20.0. The highest BCUT2D eigenvalue weighted by molar-refractivity contribution is 7.07. The van der Waals surface area contributed by atoms with Crippen LogP contribution in [0.1, 0.15) is 28.2 Å². The standard InChI is InChI=1S/C12H14N4O4S/c1-7-10(21-14-13-7)11(18)15-4-2-8(3-5-15)16-9(17)6-20-12(16)19/h8H,2-6H2,1H3. The van der Waals surface area contributed by atoms with E-state index in [1.807, 2.05) is 0 Å². The third-order valence-corrected chi connectivity index (χ3v) is 4.56. The molecule has 2 aliphatic heterocycles. The Hall–Kier alpha value is -2.03. The van der Waals surface area contributed by atoms with Gasteiger partial charge in [0.25, 0.3) is 11.8 Å². The highest BCUT2D eigenvalue weighted by Crippen LogP contribution is 2.23. The molecule has 9 heteroatoms. The van der Waals surface area contributed by atoms with Crippen molar-refractivity contribution in [2.75, 3.05) is 19.7 Å². The van der Waals surface area contributed by atoms with Crippen LogP contribution >= 0.6 is 11.5 Å². The average Bonchev–Trinajstić information content (AvgIpc) is 3.05. The molecule has 0 bridgehead atoms. The lowest BCUT2D eigenvalue weighted by Gasteiger charge is -2.34. The molecule has 2 saturated heterocycles. The molecule has 1 aromatic rings. The SMILES string of the molecule is Cc1nnsc1C(=O)N1CCC(N2C(=O)COC2=O)CC1. The molecule has 8 nitrogen and oxygen atoms in total. The van der Waals surface area contributed by atoms with Gasteiger partial charge >= 0.3 is 6.09 Å². The molecule has 0 aliphatic carbocycles. The van der Waals surface area contributed by atoms with Crippen molar-refractivity contribution in [3.8, 4) is 0 Å². The number of hydrogen-bond acceptors (Lipinski definition) is 7. The van der Waals surface area contributed by atoms with Crippen molar-refractivity contribution >= 4 is 29.4 Å². The Kier molecular flexibility index (Phi) is 3.58. The van der Waals surface area contributed by atoms with E-state index in [1.54, 1.807) is 11.8 Å². The fourth-order valence-electron chi connectivity index (χ4n) is 2.62. The molecule has 3 amide bonds. The van der Waals surface area contributed by atoms with Crippen molar-refractivity contribution in [1.82, 2.24) is 19.4 Å². The van der Waals surface area contributed by atoms with Crippen LogP contribution in [0.4, 0.5) is 4.79 Å². The van der Waals surface area contributed by atoms with Gasteiger partial charge in [-0.2, -0.15) is 0 Å². The van der Waals surface area contributed by atoms with Crippen LogP contribution in [0.25, 0.3) is 0 Å². The van der Waals surface area contributed by atoms with Gasteiger partial charge in [0.1, 0.15) is 4.88 Å². The molecule has 0 N–H and O–H groups in total. The van der Waals surface area contributed by atoms with E-state index < -0.39 is 6.09 Å². The van der Waals surface area contributed by atoms with Crippen LogP contribution in [0.15, 0.2) is 0 Å². The summed E-state index contributed by atoms with van der Waals surface area (Å²) in [6, 6.07) is -0.183. The van der Waals surface area contributed by atoms with Crippen LogP contribution in [0, 0.1) is 6.92 Å². The van der Waals surface area contributed by atoms with E-state index in [2.05, 4.69) is 9.59 Å². The van der Waals surface area contributed by atoms with Crippen molar-refractivity contribution in [2.45, 2.75) is 25.8 Å². The molecule has 1 aromatic heterocycles. The zero-order valence-electron chi connectivity index (χ0n) is 11.4. The van der Waals surface area contributed by atoms with E-state index >= 15 is 0 Å². The molecule has 3 rings (SSSR count). The summed E-state index contributed by atoms with van der Waals surface area (Å²) in [6.07, 6.45) is 0.558. The first-order valence-corrected chi connectivity index (χ1v) is 7.42. The number of nitrogens with zero attached hydrogens (tertiary/aromatic N) is 4. The van der Waals surface area contributed by atoms with E-state index in [0.29, 0.717) is 36.5 Å². The smallest absolute Gasteiger partial charge is 0.417 e. The van der Waals surface area contributed by atoms with E-state index in [-0.39, 0.29) is 24.5 Å². The number of piperidine rings is 1. The number of hydrogen-bond donors (Lipinski definition) is 0. The van der Waals surface area contributed by atoms with Gasteiger partial charge in [0.05, 0.1) is 5.69 Å². The number of carbonyl (C=O) groups excluding carboxylic acids is 3. The molecule has 0 atom stereocenters. The van der Waals surface area contributed by atoms with Gasteiger partial charge in [-0.05, 0) is 31.3 Å². The Morgan fingerprint density at radius 1 is 1.33 bits per heavy atom. The molecule has 3 heterocycles. The number of aromatic nitrogens is 2. The zero-order chi connectivity index (χ0) is 15.0. The maximum atomic E-state index is 12.3. The van der Waals surface area contributed by atoms with Crippen molar-refractivity contribution in [2.24, 2.45) is 0 Å². The second-order valence-corrected chi connectivity index (χ2v) is 5.78. The van der Waals surface area contributed by atoms with Crippen LogP contribution < -0.4 is 0 Å². The Labute approximate surface area is 124 Å². The van der Waals surface area contributed by atoms with Gasteiger partial charge in [-0.15, -0.1) is 5.10 Å². The fraction of sp³-hybridized carbons (Fsp3) is 0.583. The second-order valence-electron chi connectivity index (χ2n) is 5.03. The van der Waals surface area contributed by atoms with Crippen LogP contribution in [0.5, 0.6) is 0 Å². The predicted octanol–water partition coefficient (Wildman–Crippen LogP) is 0.430. The molecule has 2 fully saturated rings. The fourth-order valence-corrected chi connectivity index (χ4v) is 3.24. The second kappa shape index (κ2) is 5.40. The zero-order valence-corrected chi connectivity index (χ0v) is 12.3. The molecular formula is C12H14N4O4S. The molecule has 0 saturated carbocycles. The molecule has 0 aromatic carbocycles. The third-order valence-electron chi connectivity index (χ3n) is 3.75. The van der Waals surface area contributed by atoms with Gasteiger partial charge in [-0.3, -0.25) is 9.59 Å². The van der Waals surface area contributed by atoms with Crippen molar-refractivity contribution in [3.63, 3.8) is 0 Å². The van der Waals surface area contributed by atoms with Crippen LogP contribution in [0.3, 0.4) is 0 Å². The lowest BCUT2D eigenvalue weighted by Crippen LogP contribution is -2.48. The Bertz CT molecular complexity index is 578.